The topological polar surface area (TPSA) is 47.6 Å². The zero-order chi connectivity index (χ0) is 49.3. The van der Waals surface area contributed by atoms with Gasteiger partial charge in [-0.1, -0.05) is 263 Å². The highest BCUT2D eigenvalue weighted by Gasteiger charge is 2.33. The fraction of sp³-hybridized carbons (Fsp3) is 0. The molecule has 0 saturated heterocycles. The molecule has 0 N–H and O–H groups in total. The lowest BCUT2D eigenvalue weighted by Crippen LogP contribution is -2.53. The average molecular weight is 933 g/mol. The van der Waals surface area contributed by atoms with Gasteiger partial charge < -0.3 is 0 Å². The number of rotatable bonds is 8. The summed E-state index contributed by atoms with van der Waals surface area (Å²) in [5.74, 6) is 0. The minimum Gasteiger partial charge on any atom is -0.192 e. The van der Waals surface area contributed by atoms with Crippen molar-refractivity contribution in [1.82, 2.24) is 0 Å². The third-order valence-corrected chi connectivity index (χ3v) is 15.8. The number of nitrogens with zero attached hydrogens (tertiary/aromatic N) is 2. The van der Waals surface area contributed by atoms with Crippen LogP contribution in [0.15, 0.2) is 255 Å². The predicted octanol–water partition coefficient (Wildman–Crippen LogP) is 13.3. The molecule has 0 aliphatic heterocycles. The van der Waals surface area contributed by atoms with Gasteiger partial charge in [0.05, 0.1) is 23.3 Å². The molecule has 0 atom stereocenters. The summed E-state index contributed by atoms with van der Waals surface area (Å²) in [5.41, 5.74) is 13.0. The fourth-order valence-electron chi connectivity index (χ4n) is 12.5. The van der Waals surface area contributed by atoms with E-state index in [0.717, 1.165) is 33.0 Å². The highest BCUT2D eigenvalue weighted by atomic mass is 14.3. The molecule has 0 amide bonds. The predicted molar refractivity (Wildman–Crippen MR) is 316 cm³/mol. The summed E-state index contributed by atoms with van der Waals surface area (Å²) < 4.78 is 0. The molecular weight excluding hydrogens is 890 g/mol. The molecule has 0 fully saturated rings. The Hall–Kier alpha value is -9.73. The Morgan fingerprint density at radius 2 is 0.527 bits per heavy atom. The van der Waals surface area contributed by atoms with Gasteiger partial charge in [0, 0.05) is 0 Å². The zero-order valence-corrected chi connectivity index (χ0v) is 40.3. The third-order valence-electron chi connectivity index (χ3n) is 15.8. The van der Waals surface area contributed by atoms with Gasteiger partial charge in [-0.2, -0.15) is 10.5 Å². The molecule has 0 aliphatic rings. The molecule has 14 rings (SSSR count). The summed E-state index contributed by atoms with van der Waals surface area (Å²) >= 11 is 0. The van der Waals surface area contributed by atoms with Gasteiger partial charge in [-0.15, -0.1) is 0 Å². The molecular formula is C70H42B2N2. The lowest BCUT2D eigenvalue weighted by atomic mass is 9.34. The largest absolute Gasteiger partial charge is 0.243 e. The molecule has 0 spiro atoms. The van der Waals surface area contributed by atoms with Crippen molar-refractivity contribution in [2.24, 2.45) is 0 Å². The van der Waals surface area contributed by atoms with Crippen molar-refractivity contribution >= 4 is 122 Å². The van der Waals surface area contributed by atoms with Gasteiger partial charge in [0.2, 0.25) is 13.4 Å². The molecule has 0 radical (unpaired) electrons. The lowest BCUT2D eigenvalue weighted by Gasteiger charge is -2.27. The Bertz CT molecular complexity index is 4160. The smallest absolute Gasteiger partial charge is 0.192 e. The normalized spacial score (nSPS) is 11.5. The zero-order valence-electron chi connectivity index (χ0n) is 40.3. The van der Waals surface area contributed by atoms with E-state index in [0.29, 0.717) is 11.1 Å². The van der Waals surface area contributed by atoms with Crippen LogP contribution in [0.1, 0.15) is 11.1 Å². The van der Waals surface area contributed by atoms with Crippen molar-refractivity contribution in [2.45, 2.75) is 0 Å². The summed E-state index contributed by atoms with van der Waals surface area (Å²) in [6.07, 6.45) is 0. The maximum absolute atomic E-state index is 10.0. The van der Waals surface area contributed by atoms with Crippen molar-refractivity contribution in [3.05, 3.63) is 266 Å². The van der Waals surface area contributed by atoms with Gasteiger partial charge >= 0.3 is 0 Å². The van der Waals surface area contributed by atoms with E-state index in [1.165, 1.54) is 97.4 Å². The van der Waals surface area contributed by atoms with Crippen molar-refractivity contribution in [1.29, 1.82) is 10.5 Å². The first-order valence-electron chi connectivity index (χ1n) is 25.3. The van der Waals surface area contributed by atoms with Crippen LogP contribution in [0, 0.1) is 22.7 Å². The number of benzene rings is 14. The monoisotopic (exact) mass is 932 g/mol. The van der Waals surface area contributed by atoms with Gasteiger partial charge in [0.25, 0.3) is 0 Å². The minimum atomic E-state index is -0.175. The first kappa shape index (κ1) is 43.1. The second kappa shape index (κ2) is 17.5. The van der Waals surface area contributed by atoms with Gasteiger partial charge in [-0.3, -0.25) is 0 Å². The van der Waals surface area contributed by atoms with E-state index in [2.05, 4.69) is 243 Å². The van der Waals surface area contributed by atoms with Crippen LogP contribution in [-0.2, 0) is 0 Å². The van der Waals surface area contributed by atoms with Crippen LogP contribution in [0.2, 0.25) is 0 Å². The maximum Gasteiger partial charge on any atom is 0.243 e. The van der Waals surface area contributed by atoms with E-state index in [1.54, 1.807) is 0 Å². The quantitative estimate of drug-likeness (QED) is 0.113. The average Bonchev–Trinajstić information content (AvgIpc) is 3.47. The van der Waals surface area contributed by atoms with Crippen LogP contribution in [-0.4, -0.2) is 13.4 Å². The first-order valence-corrected chi connectivity index (χ1v) is 25.3. The fourth-order valence-corrected chi connectivity index (χ4v) is 12.5. The molecule has 338 valence electrons. The minimum absolute atomic E-state index is 0.175. The van der Waals surface area contributed by atoms with Crippen LogP contribution in [0.5, 0.6) is 0 Å². The van der Waals surface area contributed by atoms with Crippen LogP contribution >= 0.6 is 0 Å². The van der Waals surface area contributed by atoms with Crippen LogP contribution < -0.4 is 32.8 Å². The van der Waals surface area contributed by atoms with Crippen LogP contribution in [0.25, 0.3) is 97.7 Å². The molecule has 4 heteroatoms. The van der Waals surface area contributed by atoms with E-state index in [9.17, 15) is 10.5 Å². The lowest BCUT2D eigenvalue weighted by molar-refractivity contribution is 1.48. The first-order chi connectivity index (χ1) is 36.6. The molecule has 74 heavy (non-hydrogen) atoms. The Morgan fingerprint density at radius 1 is 0.243 bits per heavy atom. The van der Waals surface area contributed by atoms with Crippen LogP contribution in [0.3, 0.4) is 0 Å². The van der Waals surface area contributed by atoms with Crippen molar-refractivity contribution < 1.29 is 0 Å². The van der Waals surface area contributed by atoms with Gasteiger partial charge in [-0.25, -0.2) is 0 Å². The summed E-state index contributed by atoms with van der Waals surface area (Å²) in [5, 5.41) is 36.8. The van der Waals surface area contributed by atoms with E-state index >= 15 is 0 Å². The third kappa shape index (κ3) is 6.88. The summed E-state index contributed by atoms with van der Waals surface area (Å²) in [7, 11) is 0. The number of hydrogen-bond acceptors (Lipinski definition) is 2. The molecule has 0 saturated carbocycles. The SMILES string of the molecule is N#Cc1ccc(-c2cc(B(c3cccc4ccccc34)c3cccc4ccccc34)c3ccc4c(B(c5cccc6ccccc56)c5cccc6ccccc56)cc(-c5ccc(C#N)cc5)c5ccc2c3c45)cc1. The highest BCUT2D eigenvalue weighted by molar-refractivity contribution is 7.00. The molecule has 0 aromatic heterocycles. The summed E-state index contributed by atoms with van der Waals surface area (Å²) in [6, 6.07) is 97.6. The van der Waals surface area contributed by atoms with Crippen molar-refractivity contribution in [3.63, 3.8) is 0 Å². The molecule has 0 unspecified atom stereocenters. The number of hydrogen-bond donors (Lipinski definition) is 0. The van der Waals surface area contributed by atoms with Crippen molar-refractivity contribution in [2.75, 3.05) is 0 Å². The van der Waals surface area contributed by atoms with Gasteiger partial charge in [-0.05, 0) is 122 Å². The molecule has 2 nitrogen and oxygen atoms in total. The van der Waals surface area contributed by atoms with Crippen LogP contribution in [0.4, 0.5) is 0 Å². The van der Waals surface area contributed by atoms with Crippen molar-refractivity contribution in [3.8, 4) is 34.4 Å². The Morgan fingerprint density at radius 3 is 0.838 bits per heavy atom. The second-order valence-corrected chi connectivity index (χ2v) is 19.6. The number of nitriles is 2. The molecule has 14 aromatic rings. The standard InChI is InChI=1S/C70H42B2N2/c73-43-45-29-33-51(34-30-45)61-41-67(71(63-25-9-17-47-13-1-5-21-53(47)63)64-26-10-18-48-14-2-6-22-54(48)64)59-39-40-60-68(42-62(52-35-31-46(44-74)32-36-52)58-38-37-57(61)69(59)70(58)60)72(65-27-11-19-49-15-3-7-23-55(49)65)66-28-12-20-50-16-4-8-24-56(50)66/h1-42H. The van der Waals surface area contributed by atoms with Gasteiger partial charge in [0.1, 0.15) is 0 Å². The Kier molecular flexibility index (Phi) is 10.2. The summed E-state index contributed by atoms with van der Waals surface area (Å²) in [4.78, 5) is 0. The maximum atomic E-state index is 10.0. The molecule has 0 bridgehead atoms. The highest BCUT2D eigenvalue weighted by Crippen LogP contribution is 2.42. The Labute approximate surface area is 430 Å². The number of fused-ring (bicyclic) bond motifs is 4. The van der Waals surface area contributed by atoms with E-state index in [-0.39, 0.29) is 13.4 Å². The molecule has 14 aromatic carbocycles. The summed E-state index contributed by atoms with van der Waals surface area (Å²) in [6.45, 7) is -0.351. The van der Waals surface area contributed by atoms with Gasteiger partial charge in [0.15, 0.2) is 0 Å². The second-order valence-electron chi connectivity index (χ2n) is 19.6. The van der Waals surface area contributed by atoms with E-state index in [1.807, 2.05) is 24.3 Å². The molecule has 0 heterocycles. The van der Waals surface area contributed by atoms with E-state index < -0.39 is 0 Å². The van der Waals surface area contributed by atoms with E-state index in [4.69, 9.17) is 0 Å². The Balaban J connectivity index is 1.18. The molecule has 0 aliphatic carbocycles.